The van der Waals surface area contributed by atoms with E-state index < -0.39 is 0 Å². The molecule has 0 N–H and O–H groups in total. The lowest BCUT2D eigenvalue weighted by Crippen LogP contribution is -2.33. The number of nitrogens with zero attached hydrogens (tertiary/aromatic N) is 1. The number of anilines is 1. The molecule has 2 rings (SSSR count). The highest BCUT2D eigenvalue weighted by molar-refractivity contribution is 5.55. The maximum Gasteiger partial charge on any atom is 0.159 e. The van der Waals surface area contributed by atoms with Crippen LogP contribution in [0.1, 0.15) is 32.3 Å². The van der Waals surface area contributed by atoms with Crippen LogP contribution in [0.2, 0.25) is 0 Å². The van der Waals surface area contributed by atoms with Gasteiger partial charge >= 0.3 is 0 Å². The van der Waals surface area contributed by atoms with Crippen LogP contribution >= 0.6 is 0 Å². The van der Waals surface area contributed by atoms with E-state index >= 15 is 0 Å². The summed E-state index contributed by atoms with van der Waals surface area (Å²) < 4.78 is 11.2. The lowest BCUT2D eigenvalue weighted by molar-refractivity contribution is -0.138. The van der Waals surface area contributed by atoms with Gasteiger partial charge in [0.1, 0.15) is 0 Å². The molecule has 3 heteroatoms. The van der Waals surface area contributed by atoms with Gasteiger partial charge in [-0.1, -0.05) is 18.2 Å². The summed E-state index contributed by atoms with van der Waals surface area (Å²) in [6.07, 6.45) is 3.30. The lowest BCUT2D eigenvalue weighted by atomic mass is 10.0. The molecular weight excluding hydrogens is 238 g/mol. The van der Waals surface area contributed by atoms with Gasteiger partial charge in [-0.25, -0.2) is 0 Å². The van der Waals surface area contributed by atoms with Crippen molar-refractivity contribution in [3.8, 4) is 0 Å². The molecule has 0 radical (unpaired) electrons. The predicted molar refractivity (Wildman–Crippen MR) is 78.6 cm³/mol. The van der Waals surface area contributed by atoms with E-state index in [-0.39, 0.29) is 6.29 Å². The van der Waals surface area contributed by atoms with Crippen molar-refractivity contribution in [3.05, 3.63) is 29.8 Å². The molecule has 3 nitrogen and oxygen atoms in total. The molecule has 0 spiro atoms. The molecule has 0 aliphatic carbocycles. The smallest absolute Gasteiger partial charge is 0.159 e. The molecule has 0 fully saturated rings. The second-order valence-corrected chi connectivity index (χ2v) is 4.85. The number of aryl methyl sites for hydroxylation is 1. The Kier molecular flexibility index (Phi) is 5.67. The predicted octanol–water partition coefficient (Wildman–Crippen LogP) is 3.23. The van der Waals surface area contributed by atoms with Gasteiger partial charge in [0, 0.05) is 38.4 Å². The largest absolute Gasteiger partial charge is 0.371 e. The van der Waals surface area contributed by atoms with Gasteiger partial charge in [0.25, 0.3) is 0 Å². The minimum absolute atomic E-state index is 0.0657. The Balaban J connectivity index is 1.92. The molecule has 0 unspecified atom stereocenters. The highest BCUT2D eigenvalue weighted by Gasteiger charge is 2.17. The number of hydrogen-bond acceptors (Lipinski definition) is 3. The van der Waals surface area contributed by atoms with Gasteiger partial charge in [0.05, 0.1) is 0 Å². The molecule has 1 heterocycles. The van der Waals surface area contributed by atoms with E-state index in [1.807, 2.05) is 13.8 Å². The van der Waals surface area contributed by atoms with Crippen LogP contribution in [0.15, 0.2) is 24.3 Å². The summed E-state index contributed by atoms with van der Waals surface area (Å²) in [6.45, 7) is 7.59. The molecule has 106 valence electrons. The summed E-state index contributed by atoms with van der Waals surface area (Å²) in [6, 6.07) is 8.72. The minimum atomic E-state index is -0.0657. The Morgan fingerprint density at radius 3 is 2.63 bits per heavy atom. The molecule has 0 saturated heterocycles. The molecule has 1 aromatic rings. The molecule has 0 saturated carbocycles. The minimum Gasteiger partial charge on any atom is -0.371 e. The first-order valence-corrected chi connectivity index (χ1v) is 7.41. The van der Waals surface area contributed by atoms with Crippen molar-refractivity contribution in [3.63, 3.8) is 0 Å². The van der Waals surface area contributed by atoms with Gasteiger partial charge in [-0.2, -0.15) is 0 Å². The number of hydrogen-bond donors (Lipinski definition) is 0. The zero-order chi connectivity index (χ0) is 13.5. The Morgan fingerprint density at radius 2 is 1.89 bits per heavy atom. The Bertz CT molecular complexity index is 375. The van der Waals surface area contributed by atoms with Crippen molar-refractivity contribution in [1.29, 1.82) is 0 Å². The zero-order valence-corrected chi connectivity index (χ0v) is 12.1. The van der Waals surface area contributed by atoms with Crippen molar-refractivity contribution in [1.82, 2.24) is 0 Å². The number of rotatable bonds is 7. The van der Waals surface area contributed by atoms with Crippen molar-refractivity contribution in [2.75, 3.05) is 31.2 Å². The summed E-state index contributed by atoms with van der Waals surface area (Å²) in [5.41, 5.74) is 2.86. The highest BCUT2D eigenvalue weighted by Crippen LogP contribution is 2.26. The standard InChI is InChI=1S/C16H25NO2/c1-3-18-16(19-4-2)11-13-17-12-7-9-14-8-5-6-10-15(14)17/h5-6,8,10,16H,3-4,7,9,11-13H2,1-2H3. The zero-order valence-electron chi connectivity index (χ0n) is 12.1. The van der Waals surface area contributed by atoms with Gasteiger partial charge in [-0.05, 0) is 38.3 Å². The lowest BCUT2D eigenvalue weighted by Gasteiger charge is -2.32. The van der Waals surface area contributed by atoms with Gasteiger partial charge in [-0.3, -0.25) is 0 Å². The van der Waals surface area contributed by atoms with E-state index in [0.29, 0.717) is 13.2 Å². The van der Waals surface area contributed by atoms with Crippen molar-refractivity contribution in [2.45, 2.75) is 39.4 Å². The summed E-state index contributed by atoms with van der Waals surface area (Å²) in [4.78, 5) is 2.46. The van der Waals surface area contributed by atoms with Crippen molar-refractivity contribution in [2.24, 2.45) is 0 Å². The summed E-state index contributed by atoms with van der Waals surface area (Å²) >= 11 is 0. The van der Waals surface area contributed by atoms with Gasteiger partial charge in [0.2, 0.25) is 0 Å². The van der Waals surface area contributed by atoms with E-state index in [9.17, 15) is 0 Å². The molecule has 0 atom stereocenters. The normalized spacial score (nSPS) is 14.8. The second-order valence-electron chi connectivity index (χ2n) is 4.85. The fraction of sp³-hybridized carbons (Fsp3) is 0.625. The van der Waals surface area contributed by atoms with Crippen LogP contribution < -0.4 is 4.90 Å². The molecule has 0 bridgehead atoms. The third-order valence-corrected chi connectivity index (χ3v) is 3.55. The molecule has 0 aromatic heterocycles. The van der Waals surface area contributed by atoms with Crippen molar-refractivity contribution >= 4 is 5.69 Å². The number of ether oxygens (including phenoxy) is 2. The van der Waals surface area contributed by atoms with E-state index in [1.54, 1.807) is 0 Å². The number of benzene rings is 1. The van der Waals surface area contributed by atoms with Crippen LogP contribution in [-0.2, 0) is 15.9 Å². The summed E-state index contributed by atoms with van der Waals surface area (Å²) in [5, 5.41) is 0. The third kappa shape index (κ3) is 3.95. The maximum absolute atomic E-state index is 5.61. The van der Waals surface area contributed by atoms with Gasteiger partial charge in [0.15, 0.2) is 6.29 Å². The van der Waals surface area contributed by atoms with Crippen LogP contribution in [0.25, 0.3) is 0 Å². The topological polar surface area (TPSA) is 21.7 Å². The fourth-order valence-corrected chi connectivity index (χ4v) is 2.69. The Morgan fingerprint density at radius 1 is 1.16 bits per heavy atom. The van der Waals surface area contributed by atoms with E-state index in [0.717, 1.165) is 19.5 Å². The average molecular weight is 263 g/mol. The first-order chi connectivity index (χ1) is 9.35. The average Bonchev–Trinajstić information content (AvgIpc) is 2.45. The van der Waals surface area contributed by atoms with E-state index in [1.165, 1.54) is 24.1 Å². The van der Waals surface area contributed by atoms with Crippen LogP contribution in [0, 0.1) is 0 Å². The monoisotopic (exact) mass is 263 g/mol. The van der Waals surface area contributed by atoms with Crippen LogP contribution in [0.5, 0.6) is 0 Å². The highest BCUT2D eigenvalue weighted by atomic mass is 16.7. The number of para-hydroxylation sites is 1. The molecule has 1 aliphatic rings. The summed E-state index contributed by atoms with van der Waals surface area (Å²) in [7, 11) is 0. The van der Waals surface area contributed by atoms with Crippen LogP contribution in [0.4, 0.5) is 5.69 Å². The van der Waals surface area contributed by atoms with E-state index in [2.05, 4.69) is 29.2 Å². The summed E-state index contributed by atoms with van der Waals surface area (Å²) in [5.74, 6) is 0. The Labute approximate surface area is 116 Å². The van der Waals surface area contributed by atoms with Crippen molar-refractivity contribution < 1.29 is 9.47 Å². The van der Waals surface area contributed by atoms with Crippen LogP contribution in [0.3, 0.4) is 0 Å². The molecule has 1 aliphatic heterocycles. The first-order valence-electron chi connectivity index (χ1n) is 7.41. The third-order valence-electron chi connectivity index (χ3n) is 3.55. The maximum atomic E-state index is 5.61. The molecule has 1 aromatic carbocycles. The molecule has 0 amide bonds. The first kappa shape index (κ1) is 14.4. The fourth-order valence-electron chi connectivity index (χ4n) is 2.69. The quantitative estimate of drug-likeness (QED) is 0.705. The van der Waals surface area contributed by atoms with E-state index in [4.69, 9.17) is 9.47 Å². The van der Waals surface area contributed by atoms with Gasteiger partial charge in [-0.15, -0.1) is 0 Å². The van der Waals surface area contributed by atoms with Gasteiger partial charge < -0.3 is 14.4 Å². The Hall–Kier alpha value is -1.06. The number of fused-ring (bicyclic) bond motifs is 1. The second kappa shape index (κ2) is 7.51. The van der Waals surface area contributed by atoms with Crippen LogP contribution in [-0.4, -0.2) is 32.6 Å². The molecule has 19 heavy (non-hydrogen) atoms. The SMILES string of the molecule is CCOC(CCN1CCCc2ccccc21)OCC. The molecular formula is C16H25NO2.